The van der Waals surface area contributed by atoms with Crippen molar-refractivity contribution in [3.05, 3.63) is 35.4 Å². The number of halogens is 1. The molecule has 1 N–H and O–H groups in total. The SMILES string of the molecule is CN=C(NCCC1CC1)N(C)Cc1ccccc1C.I. The van der Waals surface area contributed by atoms with E-state index in [2.05, 4.69) is 53.4 Å². The number of nitrogens with zero attached hydrogens (tertiary/aromatic N) is 2. The molecular weight excluding hydrogens is 361 g/mol. The molecule has 2 rings (SSSR count). The van der Waals surface area contributed by atoms with E-state index >= 15 is 0 Å². The molecule has 1 aromatic carbocycles. The first-order valence-electron chi connectivity index (χ1n) is 7.17. The average molecular weight is 387 g/mol. The lowest BCUT2D eigenvalue weighted by Crippen LogP contribution is -2.39. The van der Waals surface area contributed by atoms with Crippen LogP contribution < -0.4 is 5.32 Å². The van der Waals surface area contributed by atoms with Crippen LogP contribution in [-0.2, 0) is 6.54 Å². The van der Waals surface area contributed by atoms with Crippen molar-refractivity contribution in [3.63, 3.8) is 0 Å². The highest BCUT2D eigenvalue weighted by atomic mass is 127. The lowest BCUT2D eigenvalue weighted by Gasteiger charge is -2.23. The number of aliphatic imine (C=N–C) groups is 1. The molecule has 0 atom stereocenters. The maximum Gasteiger partial charge on any atom is 0.193 e. The summed E-state index contributed by atoms with van der Waals surface area (Å²) in [5, 5.41) is 3.46. The van der Waals surface area contributed by atoms with E-state index in [0.29, 0.717) is 0 Å². The minimum atomic E-state index is 0. The van der Waals surface area contributed by atoms with Crippen LogP contribution in [0.3, 0.4) is 0 Å². The number of benzene rings is 1. The van der Waals surface area contributed by atoms with Gasteiger partial charge in [-0.25, -0.2) is 0 Å². The van der Waals surface area contributed by atoms with Crippen LogP contribution >= 0.6 is 24.0 Å². The van der Waals surface area contributed by atoms with E-state index in [4.69, 9.17) is 0 Å². The van der Waals surface area contributed by atoms with Gasteiger partial charge in [-0.3, -0.25) is 4.99 Å². The quantitative estimate of drug-likeness (QED) is 0.476. The third-order valence-corrected chi connectivity index (χ3v) is 3.77. The van der Waals surface area contributed by atoms with Crippen LogP contribution in [0, 0.1) is 12.8 Å². The minimum Gasteiger partial charge on any atom is -0.356 e. The number of rotatable bonds is 5. The molecule has 112 valence electrons. The molecule has 0 radical (unpaired) electrons. The number of hydrogen-bond donors (Lipinski definition) is 1. The third-order valence-electron chi connectivity index (χ3n) is 3.77. The molecule has 0 aliphatic heterocycles. The maximum absolute atomic E-state index is 4.36. The second-order valence-electron chi connectivity index (χ2n) is 5.49. The molecule has 1 aliphatic rings. The van der Waals surface area contributed by atoms with E-state index in [1.165, 1.54) is 30.4 Å². The van der Waals surface area contributed by atoms with Crippen LogP contribution in [0.15, 0.2) is 29.3 Å². The molecule has 20 heavy (non-hydrogen) atoms. The molecule has 1 saturated carbocycles. The van der Waals surface area contributed by atoms with Crippen molar-refractivity contribution >= 4 is 29.9 Å². The predicted octanol–water partition coefficient (Wildman–Crippen LogP) is 3.42. The molecule has 0 heterocycles. The van der Waals surface area contributed by atoms with Gasteiger partial charge in [0.25, 0.3) is 0 Å². The Balaban J connectivity index is 0.00000200. The van der Waals surface area contributed by atoms with Gasteiger partial charge in [0.2, 0.25) is 0 Å². The van der Waals surface area contributed by atoms with Crippen molar-refractivity contribution in [1.29, 1.82) is 0 Å². The lowest BCUT2D eigenvalue weighted by atomic mass is 10.1. The summed E-state index contributed by atoms with van der Waals surface area (Å²) < 4.78 is 0. The van der Waals surface area contributed by atoms with Crippen LogP contribution in [0.2, 0.25) is 0 Å². The smallest absolute Gasteiger partial charge is 0.193 e. The summed E-state index contributed by atoms with van der Waals surface area (Å²) in [6, 6.07) is 8.52. The van der Waals surface area contributed by atoms with Gasteiger partial charge in [-0.2, -0.15) is 0 Å². The monoisotopic (exact) mass is 387 g/mol. The fourth-order valence-corrected chi connectivity index (χ4v) is 2.30. The van der Waals surface area contributed by atoms with Crippen molar-refractivity contribution in [2.45, 2.75) is 32.7 Å². The van der Waals surface area contributed by atoms with E-state index in [-0.39, 0.29) is 24.0 Å². The number of guanidine groups is 1. The summed E-state index contributed by atoms with van der Waals surface area (Å²) in [5.74, 6) is 1.95. The summed E-state index contributed by atoms with van der Waals surface area (Å²) in [4.78, 5) is 6.55. The van der Waals surface area contributed by atoms with Gasteiger partial charge in [0.1, 0.15) is 0 Å². The largest absolute Gasteiger partial charge is 0.356 e. The summed E-state index contributed by atoms with van der Waals surface area (Å²) in [6.45, 7) is 4.09. The molecule has 3 nitrogen and oxygen atoms in total. The lowest BCUT2D eigenvalue weighted by molar-refractivity contribution is 0.473. The van der Waals surface area contributed by atoms with Crippen LogP contribution in [0.1, 0.15) is 30.4 Å². The van der Waals surface area contributed by atoms with Crippen LogP contribution in [0.25, 0.3) is 0 Å². The molecule has 1 fully saturated rings. The number of nitrogens with one attached hydrogen (secondary N) is 1. The van der Waals surface area contributed by atoms with E-state index in [1.54, 1.807) is 0 Å². The van der Waals surface area contributed by atoms with Gasteiger partial charge in [0.05, 0.1) is 0 Å². The Bertz CT molecular complexity index is 441. The van der Waals surface area contributed by atoms with Crippen LogP contribution in [0.4, 0.5) is 0 Å². The highest BCUT2D eigenvalue weighted by molar-refractivity contribution is 14.0. The van der Waals surface area contributed by atoms with Crippen molar-refractivity contribution in [2.24, 2.45) is 10.9 Å². The van der Waals surface area contributed by atoms with Gasteiger partial charge in [-0.15, -0.1) is 24.0 Å². The van der Waals surface area contributed by atoms with Crippen molar-refractivity contribution in [1.82, 2.24) is 10.2 Å². The number of hydrogen-bond acceptors (Lipinski definition) is 1. The Kier molecular flexibility index (Phi) is 7.34. The van der Waals surface area contributed by atoms with Gasteiger partial charge >= 0.3 is 0 Å². The zero-order valence-corrected chi connectivity index (χ0v) is 15.1. The van der Waals surface area contributed by atoms with Crippen LogP contribution in [0.5, 0.6) is 0 Å². The van der Waals surface area contributed by atoms with Crippen molar-refractivity contribution in [2.75, 3.05) is 20.6 Å². The Hall–Kier alpha value is -0.780. The van der Waals surface area contributed by atoms with Crippen LogP contribution in [-0.4, -0.2) is 31.5 Å². The van der Waals surface area contributed by atoms with Gasteiger partial charge in [-0.1, -0.05) is 37.1 Å². The van der Waals surface area contributed by atoms with Gasteiger partial charge < -0.3 is 10.2 Å². The summed E-state index contributed by atoms with van der Waals surface area (Å²) in [7, 11) is 3.95. The number of aryl methyl sites for hydroxylation is 1. The Morgan fingerprint density at radius 1 is 1.35 bits per heavy atom. The highest BCUT2D eigenvalue weighted by Crippen LogP contribution is 2.31. The molecule has 0 saturated heterocycles. The molecule has 0 amide bonds. The maximum atomic E-state index is 4.36. The molecule has 4 heteroatoms. The van der Waals surface area contributed by atoms with Gasteiger partial charge in [0, 0.05) is 27.2 Å². The zero-order valence-electron chi connectivity index (χ0n) is 12.7. The Labute approximate surface area is 139 Å². The Morgan fingerprint density at radius 2 is 2.05 bits per heavy atom. The third kappa shape index (κ3) is 5.31. The van der Waals surface area contributed by atoms with Crippen molar-refractivity contribution in [3.8, 4) is 0 Å². The first-order valence-corrected chi connectivity index (χ1v) is 7.17. The van der Waals surface area contributed by atoms with E-state index in [9.17, 15) is 0 Å². The topological polar surface area (TPSA) is 27.6 Å². The summed E-state index contributed by atoms with van der Waals surface area (Å²) >= 11 is 0. The second kappa shape index (κ2) is 8.49. The molecule has 0 bridgehead atoms. The first kappa shape index (κ1) is 17.3. The molecular formula is C16H26IN3. The minimum absolute atomic E-state index is 0. The van der Waals surface area contributed by atoms with Gasteiger partial charge in [-0.05, 0) is 30.4 Å². The second-order valence-corrected chi connectivity index (χ2v) is 5.49. The fourth-order valence-electron chi connectivity index (χ4n) is 2.30. The molecule has 0 unspecified atom stereocenters. The summed E-state index contributed by atoms with van der Waals surface area (Å²) in [6.07, 6.45) is 4.11. The van der Waals surface area contributed by atoms with E-state index in [1.807, 2.05) is 7.05 Å². The molecule has 1 aromatic rings. The Morgan fingerprint density at radius 3 is 2.65 bits per heavy atom. The van der Waals surface area contributed by atoms with E-state index < -0.39 is 0 Å². The molecule has 0 aromatic heterocycles. The standard InChI is InChI=1S/C16H25N3.HI/c1-13-6-4-5-7-15(13)12-19(3)16(17-2)18-11-10-14-8-9-14;/h4-7,14H,8-12H2,1-3H3,(H,17,18);1H. The van der Waals surface area contributed by atoms with Gasteiger partial charge in [0.15, 0.2) is 5.96 Å². The van der Waals surface area contributed by atoms with Crippen molar-refractivity contribution < 1.29 is 0 Å². The summed E-state index contributed by atoms with van der Waals surface area (Å²) in [5.41, 5.74) is 2.69. The normalized spacial score (nSPS) is 14.7. The first-order chi connectivity index (χ1) is 9.20. The molecule has 1 aliphatic carbocycles. The molecule has 0 spiro atoms. The predicted molar refractivity (Wildman–Crippen MR) is 96.8 cm³/mol. The zero-order chi connectivity index (χ0) is 13.7. The fraction of sp³-hybridized carbons (Fsp3) is 0.562. The van der Waals surface area contributed by atoms with E-state index in [0.717, 1.165) is 25.0 Å². The average Bonchev–Trinajstić information content (AvgIpc) is 3.21. The highest BCUT2D eigenvalue weighted by Gasteiger charge is 2.20.